The Balaban J connectivity index is 1.43. The lowest BCUT2D eigenvalue weighted by atomic mass is 9.92. The van der Waals surface area contributed by atoms with Crippen molar-refractivity contribution < 1.29 is 28.8 Å². The van der Waals surface area contributed by atoms with Gasteiger partial charge in [0.05, 0.1) is 11.0 Å². The lowest BCUT2D eigenvalue weighted by molar-refractivity contribution is -0.384. The van der Waals surface area contributed by atoms with E-state index in [1.807, 2.05) is 0 Å². The molecule has 1 saturated heterocycles. The summed E-state index contributed by atoms with van der Waals surface area (Å²) in [6.45, 7) is 3.71. The summed E-state index contributed by atoms with van der Waals surface area (Å²) >= 11 is 0. The third-order valence-corrected chi connectivity index (χ3v) is 5.68. The Morgan fingerprint density at radius 1 is 1.18 bits per heavy atom. The highest BCUT2D eigenvalue weighted by Gasteiger charge is 2.49. The van der Waals surface area contributed by atoms with Gasteiger partial charge in [-0.25, -0.2) is 4.79 Å². The van der Waals surface area contributed by atoms with E-state index in [1.54, 1.807) is 25.1 Å². The molecule has 172 valence electrons. The Hall–Kier alpha value is -4.15. The van der Waals surface area contributed by atoms with E-state index in [-0.39, 0.29) is 5.69 Å². The molecule has 2 heterocycles. The summed E-state index contributed by atoms with van der Waals surface area (Å²) in [4.78, 5) is 49.2. The van der Waals surface area contributed by atoms with Crippen molar-refractivity contribution in [1.82, 2.24) is 15.5 Å². The van der Waals surface area contributed by atoms with E-state index in [0.29, 0.717) is 30.3 Å². The van der Waals surface area contributed by atoms with Crippen molar-refractivity contribution in [2.24, 2.45) is 0 Å². The van der Waals surface area contributed by atoms with E-state index in [9.17, 15) is 24.5 Å². The zero-order valence-corrected chi connectivity index (χ0v) is 18.0. The van der Waals surface area contributed by atoms with Crippen LogP contribution in [0.2, 0.25) is 0 Å². The first kappa shape index (κ1) is 22.1. The third kappa shape index (κ3) is 4.16. The molecule has 0 bridgehead atoms. The van der Waals surface area contributed by atoms with Crippen LogP contribution in [0.25, 0.3) is 0 Å². The number of imide groups is 1. The average Bonchev–Trinajstić information content (AvgIpc) is 3.02. The minimum absolute atomic E-state index is 0.136. The molecule has 0 aliphatic carbocycles. The zero-order chi connectivity index (χ0) is 23.8. The molecule has 33 heavy (non-hydrogen) atoms. The van der Waals surface area contributed by atoms with E-state index < -0.39 is 40.9 Å². The van der Waals surface area contributed by atoms with Crippen LogP contribution < -0.4 is 20.1 Å². The fraction of sp³-hybridized carbons (Fsp3) is 0.318. The molecule has 11 heteroatoms. The number of carbonyl (C=O) groups excluding carboxylic acids is 3. The van der Waals surface area contributed by atoms with E-state index in [4.69, 9.17) is 9.47 Å². The Bertz CT molecular complexity index is 1130. The minimum atomic E-state index is -1.44. The maximum atomic E-state index is 13.0. The number of nitro benzene ring substituents is 1. The maximum absolute atomic E-state index is 13.0. The summed E-state index contributed by atoms with van der Waals surface area (Å²) in [5.74, 6) is 0.0820. The van der Waals surface area contributed by atoms with Crippen LogP contribution in [0.1, 0.15) is 31.0 Å². The summed E-state index contributed by atoms with van der Waals surface area (Å²) in [5.41, 5.74) is -0.420. The van der Waals surface area contributed by atoms with Crippen LogP contribution in [-0.2, 0) is 15.1 Å². The van der Waals surface area contributed by atoms with Gasteiger partial charge < -0.3 is 20.1 Å². The van der Waals surface area contributed by atoms with E-state index in [1.165, 1.54) is 31.2 Å². The molecular weight excluding hydrogens is 432 g/mol. The van der Waals surface area contributed by atoms with Crippen LogP contribution in [0.15, 0.2) is 42.5 Å². The van der Waals surface area contributed by atoms with Gasteiger partial charge in [0.1, 0.15) is 25.3 Å². The van der Waals surface area contributed by atoms with Gasteiger partial charge in [-0.1, -0.05) is 6.07 Å². The second kappa shape index (κ2) is 8.41. The van der Waals surface area contributed by atoms with Gasteiger partial charge in [0.15, 0.2) is 11.5 Å². The van der Waals surface area contributed by atoms with Crippen LogP contribution in [-0.4, -0.2) is 47.4 Å². The summed E-state index contributed by atoms with van der Waals surface area (Å²) in [6, 6.07) is 9.54. The molecule has 0 radical (unpaired) electrons. The zero-order valence-electron chi connectivity index (χ0n) is 18.0. The molecule has 2 aliphatic rings. The van der Waals surface area contributed by atoms with Gasteiger partial charge in [0, 0.05) is 12.1 Å². The first-order valence-corrected chi connectivity index (χ1v) is 10.3. The Morgan fingerprint density at radius 3 is 2.52 bits per heavy atom. The lowest BCUT2D eigenvalue weighted by Gasteiger charge is -2.23. The molecule has 4 amide bonds. The van der Waals surface area contributed by atoms with Gasteiger partial charge in [0.2, 0.25) is 5.91 Å². The quantitative estimate of drug-likeness (QED) is 0.386. The normalized spacial score (nSPS) is 20.2. The number of benzene rings is 2. The van der Waals surface area contributed by atoms with Crippen LogP contribution in [0, 0.1) is 10.1 Å². The highest BCUT2D eigenvalue weighted by molar-refractivity contribution is 6.09. The number of urea groups is 1. The Kier molecular flexibility index (Phi) is 5.62. The molecule has 0 saturated carbocycles. The summed E-state index contributed by atoms with van der Waals surface area (Å²) in [5, 5.41) is 16.2. The number of amides is 4. The molecule has 2 atom stereocenters. The standard InChI is InChI=1S/C22H22N4O7/c1-13(14-3-8-17-18(11-14)33-10-9-32-17)23-19(27)12-25-20(28)22(2,24-21(25)29)15-4-6-16(7-5-15)26(30)31/h3-8,11,13H,9-10,12H2,1-2H3,(H,23,27)(H,24,29). The number of fused-ring (bicyclic) bond motifs is 1. The van der Waals surface area contributed by atoms with E-state index in [2.05, 4.69) is 10.6 Å². The highest BCUT2D eigenvalue weighted by atomic mass is 16.6. The fourth-order valence-corrected chi connectivity index (χ4v) is 3.80. The predicted molar refractivity (Wildman–Crippen MR) is 115 cm³/mol. The van der Waals surface area contributed by atoms with Gasteiger partial charge in [0.25, 0.3) is 11.6 Å². The average molecular weight is 454 g/mol. The molecule has 0 spiro atoms. The van der Waals surface area contributed by atoms with E-state index in [0.717, 1.165) is 10.5 Å². The summed E-state index contributed by atoms with van der Waals surface area (Å²) < 4.78 is 11.1. The van der Waals surface area contributed by atoms with Crippen molar-refractivity contribution in [2.45, 2.75) is 25.4 Å². The molecule has 11 nitrogen and oxygen atoms in total. The third-order valence-electron chi connectivity index (χ3n) is 5.68. The Labute approximate surface area is 188 Å². The van der Waals surface area contributed by atoms with Gasteiger partial charge in [-0.05, 0) is 49.2 Å². The van der Waals surface area contributed by atoms with Crippen molar-refractivity contribution >= 4 is 23.5 Å². The molecule has 2 aromatic carbocycles. The molecule has 2 aliphatic heterocycles. The monoisotopic (exact) mass is 454 g/mol. The van der Waals surface area contributed by atoms with Crippen molar-refractivity contribution in [3.05, 3.63) is 63.7 Å². The van der Waals surface area contributed by atoms with Gasteiger partial charge in [-0.15, -0.1) is 0 Å². The van der Waals surface area contributed by atoms with Crippen LogP contribution in [0.3, 0.4) is 0 Å². The van der Waals surface area contributed by atoms with Crippen LogP contribution in [0.4, 0.5) is 10.5 Å². The Morgan fingerprint density at radius 2 is 1.85 bits per heavy atom. The highest BCUT2D eigenvalue weighted by Crippen LogP contribution is 2.33. The molecule has 4 rings (SSSR count). The topological polar surface area (TPSA) is 140 Å². The number of nitrogens with zero attached hydrogens (tertiary/aromatic N) is 2. The smallest absolute Gasteiger partial charge is 0.325 e. The van der Waals surface area contributed by atoms with Crippen molar-refractivity contribution in [3.63, 3.8) is 0 Å². The van der Waals surface area contributed by atoms with Crippen molar-refractivity contribution in [2.75, 3.05) is 19.8 Å². The summed E-state index contributed by atoms with van der Waals surface area (Å²) in [6.07, 6.45) is 0. The summed E-state index contributed by atoms with van der Waals surface area (Å²) in [7, 11) is 0. The van der Waals surface area contributed by atoms with Gasteiger partial charge in [-0.3, -0.25) is 24.6 Å². The van der Waals surface area contributed by atoms with Crippen LogP contribution >= 0.6 is 0 Å². The SMILES string of the molecule is CC(NC(=O)CN1C(=O)NC(C)(c2ccc([N+](=O)[O-])cc2)C1=O)c1ccc2c(c1)OCCO2. The first-order valence-electron chi connectivity index (χ1n) is 10.3. The van der Waals surface area contributed by atoms with E-state index >= 15 is 0 Å². The number of nitro groups is 1. The van der Waals surface area contributed by atoms with Gasteiger partial charge >= 0.3 is 6.03 Å². The number of ether oxygens (including phenoxy) is 2. The number of nitrogens with one attached hydrogen (secondary N) is 2. The number of non-ortho nitro benzene ring substituents is 1. The molecule has 2 unspecified atom stereocenters. The maximum Gasteiger partial charge on any atom is 0.325 e. The number of hydrogen-bond donors (Lipinski definition) is 2. The molecule has 2 aromatic rings. The largest absolute Gasteiger partial charge is 0.486 e. The lowest BCUT2D eigenvalue weighted by Crippen LogP contribution is -2.43. The molecule has 2 N–H and O–H groups in total. The van der Waals surface area contributed by atoms with Crippen molar-refractivity contribution in [1.29, 1.82) is 0 Å². The number of carbonyl (C=O) groups is 3. The second-order valence-corrected chi connectivity index (χ2v) is 7.94. The number of hydrogen-bond acceptors (Lipinski definition) is 7. The first-order chi connectivity index (χ1) is 15.7. The molecular formula is C22H22N4O7. The second-order valence-electron chi connectivity index (χ2n) is 7.94. The van der Waals surface area contributed by atoms with Crippen molar-refractivity contribution in [3.8, 4) is 11.5 Å². The van der Waals surface area contributed by atoms with Crippen LogP contribution in [0.5, 0.6) is 11.5 Å². The number of rotatable bonds is 6. The minimum Gasteiger partial charge on any atom is -0.486 e. The fourth-order valence-electron chi connectivity index (χ4n) is 3.80. The molecule has 0 aromatic heterocycles. The van der Waals surface area contributed by atoms with Gasteiger partial charge in [-0.2, -0.15) is 0 Å². The molecule has 1 fully saturated rings. The predicted octanol–water partition coefficient (Wildman–Crippen LogP) is 2.01.